The lowest BCUT2D eigenvalue weighted by Gasteiger charge is -2.27. The molecular formula is C17H28IN5OS. The summed E-state index contributed by atoms with van der Waals surface area (Å²) in [5.74, 6) is 3.18. The van der Waals surface area contributed by atoms with Crippen molar-refractivity contribution in [2.45, 2.75) is 24.6 Å². The summed E-state index contributed by atoms with van der Waals surface area (Å²) in [6, 6.07) is 4.22. The normalized spacial score (nSPS) is 20.9. The number of pyridine rings is 1. The Labute approximate surface area is 171 Å². The summed E-state index contributed by atoms with van der Waals surface area (Å²) in [5, 5.41) is 7.51. The van der Waals surface area contributed by atoms with Crippen LogP contribution in [0.2, 0.25) is 0 Å². The third kappa shape index (κ3) is 6.49. The van der Waals surface area contributed by atoms with Crippen LogP contribution in [-0.2, 0) is 11.3 Å². The van der Waals surface area contributed by atoms with Gasteiger partial charge in [0.1, 0.15) is 5.82 Å². The molecule has 3 rings (SSSR count). The fraction of sp³-hybridized carbons (Fsp3) is 0.647. The van der Waals surface area contributed by atoms with Gasteiger partial charge in [-0.1, -0.05) is 6.07 Å². The molecule has 0 bridgehead atoms. The molecule has 0 aromatic carbocycles. The van der Waals surface area contributed by atoms with Gasteiger partial charge in [-0.15, -0.1) is 24.0 Å². The minimum absolute atomic E-state index is 0. The molecule has 2 N–H and O–H groups in total. The molecule has 0 spiro atoms. The number of halogens is 1. The first-order valence-electron chi connectivity index (χ1n) is 8.69. The molecule has 8 heteroatoms. The smallest absolute Gasteiger partial charge is 0.191 e. The lowest BCUT2D eigenvalue weighted by atomic mass is 10.2. The van der Waals surface area contributed by atoms with E-state index < -0.39 is 0 Å². The van der Waals surface area contributed by atoms with Gasteiger partial charge < -0.3 is 20.3 Å². The van der Waals surface area contributed by atoms with Crippen molar-refractivity contribution >= 4 is 47.5 Å². The second kappa shape index (κ2) is 11.1. The molecule has 2 aliphatic rings. The van der Waals surface area contributed by atoms with Gasteiger partial charge in [0, 0.05) is 44.7 Å². The van der Waals surface area contributed by atoms with E-state index in [-0.39, 0.29) is 24.0 Å². The molecule has 2 saturated heterocycles. The Morgan fingerprint density at radius 3 is 2.84 bits per heavy atom. The zero-order chi connectivity index (χ0) is 16.6. The lowest BCUT2D eigenvalue weighted by molar-refractivity contribution is 0.122. The van der Waals surface area contributed by atoms with Crippen molar-refractivity contribution in [3.8, 4) is 0 Å². The summed E-state index contributed by atoms with van der Waals surface area (Å²) in [6.45, 7) is 5.12. The largest absolute Gasteiger partial charge is 0.378 e. The summed E-state index contributed by atoms with van der Waals surface area (Å²) in [7, 11) is 1.82. The first kappa shape index (κ1) is 20.6. The molecule has 2 fully saturated rings. The van der Waals surface area contributed by atoms with Crippen LogP contribution in [0.3, 0.4) is 0 Å². The van der Waals surface area contributed by atoms with Gasteiger partial charge in [0.25, 0.3) is 0 Å². The number of nitrogens with one attached hydrogen (secondary N) is 2. The van der Waals surface area contributed by atoms with Crippen molar-refractivity contribution in [1.29, 1.82) is 0 Å². The van der Waals surface area contributed by atoms with E-state index in [0.717, 1.165) is 62.0 Å². The van der Waals surface area contributed by atoms with Gasteiger partial charge in [-0.05, 0) is 30.2 Å². The maximum Gasteiger partial charge on any atom is 0.191 e. The van der Waals surface area contributed by atoms with Crippen LogP contribution in [0.15, 0.2) is 23.3 Å². The van der Waals surface area contributed by atoms with E-state index in [1.54, 1.807) is 0 Å². The fourth-order valence-corrected chi connectivity index (χ4v) is 4.12. The minimum Gasteiger partial charge on any atom is -0.378 e. The number of nitrogens with zero attached hydrogens (tertiary/aromatic N) is 3. The molecular weight excluding hydrogens is 449 g/mol. The second-order valence-electron chi connectivity index (χ2n) is 6.07. The highest BCUT2D eigenvalue weighted by Gasteiger charge is 2.15. The highest BCUT2D eigenvalue weighted by atomic mass is 127. The monoisotopic (exact) mass is 477 g/mol. The zero-order valence-electron chi connectivity index (χ0n) is 14.7. The summed E-state index contributed by atoms with van der Waals surface area (Å²) in [4.78, 5) is 11.1. The first-order chi connectivity index (χ1) is 11.8. The molecule has 1 unspecified atom stereocenters. The molecule has 25 heavy (non-hydrogen) atoms. The van der Waals surface area contributed by atoms with Crippen molar-refractivity contribution in [3.05, 3.63) is 23.9 Å². The quantitative estimate of drug-likeness (QED) is 0.385. The number of hydrogen-bond donors (Lipinski definition) is 2. The molecule has 1 aromatic rings. The molecule has 0 radical (unpaired) electrons. The van der Waals surface area contributed by atoms with Gasteiger partial charge in [-0.25, -0.2) is 4.98 Å². The molecule has 1 aromatic heterocycles. The maximum atomic E-state index is 5.38. The summed E-state index contributed by atoms with van der Waals surface area (Å²) >= 11 is 2.06. The van der Waals surface area contributed by atoms with E-state index in [0.29, 0.717) is 0 Å². The summed E-state index contributed by atoms with van der Waals surface area (Å²) in [5.41, 5.74) is 1.16. The number of morpholine rings is 1. The van der Waals surface area contributed by atoms with Gasteiger partial charge in [0.05, 0.1) is 13.2 Å². The number of rotatable bonds is 5. The van der Waals surface area contributed by atoms with Crippen LogP contribution in [0.1, 0.15) is 18.4 Å². The van der Waals surface area contributed by atoms with E-state index in [9.17, 15) is 0 Å². The van der Waals surface area contributed by atoms with Crippen molar-refractivity contribution in [3.63, 3.8) is 0 Å². The van der Waals surface area contributed by atoms with Crippen LogP contribution in [-0.4, -0.2) is 61.8 Å². The number of anilines is 1. The SMILES string of the molecule is CN=C(NCc1ccc(N2CCOCC2)nc1)NCC1CCCS1.I. The minimum atomic E-state index is 0. The van der Waals surface area contributed by atoms with Crippen molar-refractivity contribution in [2.24, 2.45) is 4.99 Å². The van der Waals surface area contributed by atoms with Crippen molar-refractivity contribution < 1.29 is 4.74 Å². The molecule has 0 aliphatic carbocycles. The van der Waals surface area contributed by atoms with Crippen molar-refractivity contribution in [2.75, 3.05) is 50.5 Å². The van der Waals surface area contributed by atoms with Crippen LogP contribution < -0.4 is 15.5 Å². The van der Waals surface area contributed by atoms with E-state index >= 15 is 0 Å². The predicted molar refractivity (Wildman–Crippen MR) is 116 cm³/mol. The first-order valence-corrected chi connectivity index (χ1v) is 9.74. The second-order valence-corrected chi connectivity index (χ2v) is 7.47. The number of guanidine groups is 1. The van der Waals surface area contributed by atoms with Gasteiger partial charge in [0.2, 0.25) is 0 Å². The topological polar surface area (TPSA) is 61.8 Å². The van der Waals surface area contributed by atoms with Crippen LogP contribution in [0.4, 0.5) is 5.82 Å². The van der Waals surface area contributed by atoms with E-state index in [1.165, 1.54) is 18.6 Å². The fourth-order valence-electron chi connectivity index (χ4n) is 2.92. The Hall–Kier alpha value is -0.740. The Balaban J connectivity index is 0.00000225. The Bertz CT molecular complexity index is 530. The Kier molecular flexibility index (Phi) is 9.11. The standard InChI is InChI=1S/C17H27N5OS.HI/c1-18-17(21-13-15-3-2-10-24-15)20-12-14-4-5-16(19-11-14)22-6-8-23-9-7-22;/h4-5,11,15H,2-3,6-10,12-13H2,1H3,(H2,18,20,21);1H. The van der Waals surface area contributed by atoms with Crippen LogP contribution >= 0.6 is 35.7 Å². The molecule has 6 nitrogen and oxygen atoms in total. The predicted octanol–water partition coefficient (Wildman–Crippen LogP) is 2.10. The number of aromatic nitrogens is 1. The molecule has 3 heterocycles. The van der Waals surface area contributed by atoms with Crippen molar-refractivity contribution in [1.82, 2.24) is 15.6 Å². The number of ether oxygens (including phenoxy) is 1. The molecule has 2 aliphatic heterocycles. The third-order valence-corrected chi connectivity index (χ3v) is 5.75. The average Bonchev–Trinajstić information content (AvgIpc) is 3.17. The number of thioether (sulfide) groups is 1. The molecule has 0 saturated carbocycles. The molecule has 140 valence electrons. The summed E-state index contributed by atoms with van der Waals surface area (Å²) < 4.78 is 5.38. The van der Waals surface area contributed by atoms with Gasteiger partial charge in [0.15, 0.2) is 5.96 Å². The highest BCUT2D eigenvalue weighted by molar-refractivity contribution is 14.0. The van der Waals surface area contributed by atoms with Gasteiger partial charge in [-0.2, -0.15) is 11.8 Å². The maximum absolute atomic E-state index is 5.38. The van der Waals surface area contributed by atoms with E-state index in [1.807, 2.05) is 13.2 Å². The van der Waals surface area contributed by atoms with Gasteiger partial charge in [-0.3, -0.25) is 4.99 Å². The number of aliphatic imine (C=N–C) groups is 1. The lowest BCUT2D eigenvalue weighted by Crippen LogP contribution is -2.39. The average molecular weight is 477 g/mol. The highest BCUT2D eigenvalue weighted by Crippen LogP contribution is 2.25. The van der Waals surface area contributed by atoms with Crippen LogP contribution in [0, 0.1) is 0 Å². The third-order valence-electron chi connectivity index (χ3n) is 4.35. The Morgan fingerprint density at radius 1 is 1.36 bits per heavy atom. The Morgan fingerprint density at radius 2 is 2.20 bits per heavy atom. The molecule has 1 atom stereocenters. The molecule has 0 amide bonds. The number of hydrogen-bond acceptors (Lipinski definition) is 5. The van der Waals surface area contributed by atoms with Gasteiger partial charge >= 0.3 is 0 Å². The van der Waals surface area contributed by atoms with E-state index in [4.69, 9.17) is 4.74 Å². The summed E-state index contributed by atoms with van der Waals surface area (Å²) in [6.07, 6.45) is 4.59. The van der Waals surface area contributed by atoms with E-state index in [2.05, 4.69) is 49.4 Å². The zero-order valence-corrected chi connectivity index (χ0v) is 17.9. The van der Waals surface area contributed by atoms with Crippen LogP contribution in [0.5, 0.6) is 0 Å². The van der Waals surface area contributed by atoms with Crippen LogP contribution in [0.25, 0.3) is 0 Å².